The van der Waals surface area contributed by atoms with E-state index in [-0.39, 0.29) is 0 Å². The lowest BCUT2D eigenvalue weighted by atomic mass is 10.2. The summed E-state index contributed by atoms with van der Waals surface area (Å²) < 4.78 is 2.18. The summed E-state index contributed by atoms with van der Waals surface area (Å²) in [6.45, 7) is 0. The number of aromatic nitrogens is 2. The lowest BCUT2D eigenvalue weighted by Crippen LogP contribution is -2.27. The van der Waals surface area contributed by atoms with E-state index in [0.29, 0.717) is 0 Å². The van der Waals surface area contributed by atoms with E-state index in [0.717, 1.165) is 0 Å². The van der Waals surface area contributed by atoms with Crippen molar-refractivity contribution >= 4 is 23.1 Å². The molecular weight excluding hydrogens is 196 g/mol. The summed E-state index contributed by atoms with van der Waals surface area (Å²) in [5.74, 6) is 0. The molecule has 2 heterocycles. The molecule has 0 radical (unpaired) electrons. The molecule has 2 aromatic heterocycles. The zero-order valence-electron chi connectivity index (χ0n) is 9.09. The second-order valence-electron chi connectivity index (χ2n) is 3.85. The molecule has 2 nitrogen and oxygen atoms in total. The molecule has 0 N–H and O–H groups in total. The van der Waals surface area contributed by atoms with Crippen molar-refractivity contribution in [2.45, 2.75) is 0 Å². The van der Waals surface area contributed by atoms with Gasteiger partial charge in [-0.05, 0) is 12.1 Å². The minimum absolute atomic E-state index is 1.17. The van der Waals surface area contributed by atoms with Crippen LogP contribution in [0.4, 0.5) is 0 Å². The molecule has 3 rings (SSSR count). The third kappa shape index (κ3) is 1.23. The predicted octanol–water partition coefficient (Wildman–Crippen LogP) is 1.26. The van der Waals surface area contributed by atoms with Crippen LogP contribution in [0.1, 0.15) is 0 Å². The summed E-state index contributed by atoms with van der Waals surface area (Å²) in [6, 6.07) is 2.07. The zero-order valence-corrected chi connectivity index (χ0v) is 9.09. The van der Waals surface area contributed by atoms with Crippen LogP contribution in [-0.4, -0.2) is 9.55 Å². The van der Waals surface area contributed by atoms with E-state index >= 15 is 0 Å². The standard InChI is InChI=1S/C14H12N2/c1-16-13-7-5-3-2-4-6-11(13)12-8-9-15-10-14(12)16/h2-10H,1H3/b3-2?,4-2-,5-3-,6-4?,7-5?,11-6-,13-7+. The highest BCUT2D eigenvalue weighted by Gasteiger charge is 2.03. The highest BCUT2D eigenvalue weighted by molar-refractivity contribution is 5.82. The quantitative estimate of drug-likeness (QED) is 0.637. The van der Waals surface area contributed by atoms with Crippen molar-refractivity contribution in [1.82, 2.24) is 9.55 Å². The number of rotatable bonds is 0. The summed E-state index contributed by atoms with van der Waals surface area (Å²) in [7, 11) is 2.08. The van der Waals surface area contributed by atoms with Gasteiger partial charge in [-0.15, -0.1) is 0 Å². The van der Waals surface area contributed by atoms with Crippen LogP contribution in [0.2, 0.25) is 0 Å². The van der Waals surface area contributed by atoms with Crippen molar-refractivity contribution < 1.29 is 0 Å². The molecular formula is C14H12N2. The van der Waals surface area contributed by atoms with E-state index in [9.17, 15) is 0 Å². The minimum Gasteiger partial charge on any atom is -0.342 e. The van der Waals surface area contributed by atoms with Gasteiger partial charge in [0.15, 0.2) is 0 Å². The zero-order chi connectivity index (χ0) is 11.0. The van der Waals surface area contributed by atoms with Crippen LogP contribution in [0.25, 0.3) is 23.1 Å². The van der Waals surface area contributed by atoms with Gasteiger partial charge in [0.2, 0.25) is 0 Å². The number of pyridine rings is 1. The predicted molar refractivity (Wildman–Crippen MR) is 67.2 cm³/mol. The molecule has 0 fully saturated rings. The van der Waals surface area contributed by atoms with E-state index in [1.54, 1.807) is 0 Å². The molecule has 0 amide bonds. The Morgan fingerprint density at radius 1 is 1.06 bits per heavy atom. The van der Waals surface area contributed by atoms with Crippen molar-refractivity contribution in [3.05, 3.63) is 53.3 Å². The molecule has 2 heteroatoms. The van der Waals surface area contributed by atoms with Crippen LogP contribution in [-0.2, 0) is 7.05 Å². The van der Waals surface area contributed by atoms with Crippen molar-refractivity contribution in [1.29, 1.82) is 0 Å². The van der Waals surface area contributed by atoms with Crippen molar-refractivity contribution in [2.24, 2.45) is 7.05 Å². The monoisotopic (exact) mass is 208 g/mol. The van der Waals surface area contributed by atoms with E-state index in [2.05, 4.69) is 47.0 Å². The van der Waals surface area contributed by atoms with Gasteiger partial charge < -0.3 is 4.57 Å². The number of allylic oxidation sites excluding steroid dienone is 4. The Labute approximate surface area is 93.5 Å². The molecule has 78 valence electrons. The minimum atomic E-state index is 1.17. The number of hydrogen-bond donors (Lipinski definition) is 0. The van der Waals surface area contributed by atoms with Gasteiger partial charge in [-0.1, -0.05) is 30.4 Å². The van der Waals surface area contributed by atoms with Gasteiger partial charge >= 0.3 is 0 Å². The van der Waals surface area contributed by atoms with E-state index in [4.69, 9.17) is 0 Å². The van der Waals surface area contributed by atoms with Crippen LogP contribution in [0.3, 0.4) is 0 Å². The first kappa shape index (κ1) is 9.16. The number of nitrogens with zero attached hydrogens (tertiary/aromatic N) is 2. The first-order valence-electron chi connectivity index (χ1n) is 5.32. The van der Waals surface area contributed by atoms with Crippen LogP contribution < -0.4 is 10.6 Å². The van der Waals surface area contributed by atoms with Gasteiger partial charge in [0.25, 0.3) is 0 Å². The molecule has 0 atom stereocenters. The Kier molecular flexibility index (Phi) is 2.00. The van der Waals surface area contributed by atoms with Gasteiger partial charge in [0.05, 0.1) is 11.7 Å². The van der Waals surface area contributed by atoms with Gasteiger partial charge in [0.1, 0.15) is 0 Å². The smallest absolute Gasteiger partial charge is 0.0675 e. The molecule has 2 aromatic rings. The largest absolute Gasteiger partial charge is 0.342 e. The van der Waals surface area contributed by atoms with Crippen molar-refractivity contribution in [3.63, 3.8) is 0 Å². The molecule has 0 bridgehead atoms. The molecule has 1 aliphatic carbocycles. The fourth-order valence-electron chi connectivity index (χ4n) is 2.13. The van der Waals surface area contributed by atoms with Crippen LogP contribution >= 0.6 is 0 Å². The van der Waals surface area contributed by atoms with Crippen molar-refractivity contribution in [3.8, 4) is 0 Å². The Bertz CT molecular complexity index is 715. The number of aryl methyl sites for hydroxylation is 1. The summed E-state index contributed by atoms with van der Waals surface area (Å²) in [5, 5.41) is 3.74. The summed E-state index contributed by atoms with van der Waals surface area (Å²) in [5.41, 5.74) is 1.17. The lowest BCUT2D eigenvalue weighted by Gasteiger charge is -1.94. The summed E-state index contributed by atoms with van der Waals surface area (Å²) >= 11 is 0. The van der Waals surface area contributed by atoms with Crippen LogP contribution in [0.15, 0.2) is 42.8 Å². The first-order valence-corrected chi connectivity index (χ1v) is 5.32. The molecule has 0 aliphatic heterocycles. The molecule has 1 aliphatic rings. The maximum atomic E-state index is 4.18. The Morgan fingerprint density at radius 2 is 1.88 bits per heavy atom. The summed E-state index contributed by atoms with van der Waals surface area (Å²) in [4.78, 5) is 4.18. The molecule has 0 spiro atoms. The Morgan fingerprint density at radius 3 is 2.75 bits per heavy atom. The van der Waals surface area contributed by atoms with E-state index < -0.39 is 0 Å². The molecule has 16 heavy (non-hydrogen) atoms. The molecule has 0 saturated heterocycles. The average molecular weight is 208 g/mol. The second kappa shape index (κ2) is 3.49. The number of hydrogen-bond acceptors (Lipinski definition) is 1. The van der Waals surface area contributed by atoms with Gasteiger partial charge in [0, 0.05) is 29.2 Å². The topological polar surface area (TPSA) is 17.8 Å². The maximum Gasteiger partial charge on any atom is 0.0675 e. The lowest BCUT2D eigenvalue weighted by molar-refractivity contribution is 0.922. The van der Waals surface area contributed by atoms with Gasteiger partial charge in [-0.2, -0.15) is 0 Å². The highest BCUT2D eigenvalue weighted by Crippen LogP contribution is 2.04. The Hall–Kier alpha value is -2.09. The normalized spacial score (nSPS) is 22.1. The van der Waals surface area contributed by atoms with E-state index in [1.165, 1.54) is 21.5 Å². The summed E-state index contributed by atoms with van der Waals surface area (Å²) in [6.07, 6.45) is 16.3. The van der Waals surface area contributed by atoms with Crippen LogP contribution in [0.5, 0.6) is 0 Å². The molecule has 0 saturated carbocycles. The van der Waals surface area contributed by atoms with E-state index in [1.807, 2.05) is 24.5 Å². The molecule has 0 unspecified atom stereocenters. The maximum absolute atomic E-state index is 4.18. The highest BCUT2D eigenvalue weighted by atomic mass is 14.9. The fourth-order valence-corrected chi connectivity index (χ4v) is 2.13. The first-order chi connectivity index (χ1) is 7.88. The Balaban J connectivity index is 2.62. The second-order valence-corrected chi connectivity index (χ2v) is 3.85. The van der Waals surface area contributed by atoms with Gasteiger partial charge in [-0.25, -0.2) is 0 Å². The number of fused-ring (bicyclic) bond motifs is 3. The average Bonchev–Trinajstić information content (AvgIpc) is 2.52. The van der Waals surface area contributed by atoms with Crippen molar-refractivity contribution in [2.75, 3.05) is 0 Å². The van der Waals surface area contributed by atoms with Gasteiger partial charge in [-0.3, -0.25) is 4.98 Å². The SMILES string of the molecule is Cn1c2/c(c3ccncc31)=C\C=C/C=C\C=2. The third-order valence-corrected chi connectivity index (χ3v) is 2.94. The molecule has 0 aromatic carbocycles. The fraction of sp³-hybridized carbons (Fsp3) is 0.0714. The van der Waals surface area contributed by atoms with Crippen LogP contribution in [0, 0.1) is 0 Å². The third-order valence-electron chi connectivity index (χ3n) is 2.94.